The van der Waals surface area contributed by atoms with Crippen LogP contribution in [0.5, 0.6) is 5.75 Å². The van der Waals surface area contributed by atoms with E-state index in [-0.39, 0.29) is 16.3 Å². The Balaban J connectivity index is 1.61. The lowest BCUT2D eigenvalue weighted by atomic mass is 10.1. The number of ether oxygens (including phenoxy) is 1. The number of rotatable bonds is 4. The van der Waals surface area contributed by atoms with Crippen molar-refractivity contribution < 1.29 is 9.53 Å². The summed E-state index contributed by atoms with van der Waals surface area (Å²) in [4.78, 5) is 17.2. The first kappa shape index (κ1) is 18.7. The third kappa shape index (κ3) is 3.56. The molecular formula is C21H14Cl2N2O2S. The maximum absolute atomic E-state index is 12.7. The summed E-state index contributed by atoms with van der Waals surface area (Å²) in [6.45, 7) is 0. The molecule has 0 fully saturated rings. The van der Waals surface area contributed by atoms with Gasteiger partial charge in [-0.05, 0) is 29.0 Å². The molecule has 7 heteroatoms. The van der Waals surface area contributed by atoms with Crippen LogP contribution in [-0.2, 0) is 0 Å². The van der Waals surface area contributed by atoms with E-state index in [9.17, 15) is 4.79 Å². The fraction of sp³-hybridized carbons (Fsp3) is 0.0476. The van der Waals surface area contributed by atoms with E-state index in [1.165, 1.54) is 18.4 Å². The molecule has 4 rings (SSSR count). The monoisotopic (exact) mass is 428 g/mol. The van der Waals surface area contributed by atoms with Gasteiger partial charge in [-0.2, -0.15) is 0 Å². The summed E-state index contributed by atoms with van der Waals surface area (Å²) >= 11 is 13.6. The quantitative estimate of drug-likeness (QED) is 0.401. The van der Waals surface area contributed by atoms with Crippen molar-refractivity contribution in [1.82, 2.24) is 4.98 Å². The normalized spacial score (nSPS) is 10.8. The largest absolute Gasteiger partial charge is 0.494 e. The fourth-order valence-electron chi connectivity index (χ4n) is 2.92. The number of nitrogens with zero attached hydrogens (tertiary/aromatic N) is 1. The van der Waals surface area contributed by atoms with Gasteiger partial charge in [-0.1, -0.05) is 59.6 Å². The molecule has 1 amide bonds. The van der Waals surface area contributed by atoms with E-state index in [1.54, 1.807) is 12.1 Å². The van der Waals surface area contributed by atoms with Gasteiger partial charge in [-0.3, -0.25) is 10.1 Å². The van der Waals surface area contributed by atoms with Gasteiger partial charge in [0, 0.05) is 10.9 Å². The van der Waals surface area contributed by atoms with Crippen LogP contribution in [0.25, 0.3) is 22.0 Å². The number of carbonyl (C=O) groups excluding carboxylic acids is 1. The molecule has 0 bridgehead atoms. The van der Waals surface area contributed by atoms with Crippen LogP contribution in [0.15, 0.2) is 60.0 Å². The van der Waals surface area contributed by atoms with Crippen LogP contribution < -0.4 is 10.1 Å². The summed E-state index contributed by atoms with van der Waals surface area (Å²) in [5, 5.41) is 8.00. The molecule has 0 spiro atoms. The number of hydrogen-bond acceptors (Lipinski definition) is 4. The molecule has 1 N–H and O–H groups in total. The predicted octanol–water partition coefficient (Wildman–Crippen LogP) is 6.53. The molecule has 3 aromatic carbocycles. The van der Waals surface area contributed by atoms with E-state index in [0.29, 0.717) is 10.2 Å². The molecular weight excluding hydrogens is 415 g/mol. The van der Waals surface area contributed by atoms with Gasteiger partial charge in [0.1, 0.15) is 5.56 Å². The number of carbonyl (C=O) groups is 1. The van der Waals surface area contributed by atoms with Gasteiger partial charge in [0.2, 0.25) is 0 Å². The zero-order valence-electron chi connectivity index (χ0n) is 14.7. The minimum absolute atomic E-state index is 0.180. The molecule has 0 aliphatic carbocycles. The molecule has 0 radical (unpaired) electrons. The standard InChI is InChI=1S/C21H14Cl2N2O2S/c1-27-19-16(23)9-8-15(22)18(19)20(26)25-21-24-17(11-28-21)14-7-6-12-4-2-3-5-13(12)10-14/h2-11H,1H3,(H,24,25,26). The Morgan fingerprint density at radius 3 is 2.57 bits per heavy atom. The number of fused-ring (bicyclic) bond motifs is 1. The van der Waals surface area contributed by atoms with Gasteiger partial charge in [0.15, 0.2) is 10.9 Å². The Labute approximate surface area is 175 Å². The van der Waals surface area contributed by atoms with Crippen molar-refractivity contribution in [3.05, 3.63) is 75.6 Å². The van der Waals surface area contributed by atoms with Crippen molar-refractivity contribution in [1.29, 1.82) is 0 Å². The predicted molar refractivity (Wildman–Crippen MR) is 116 cm³/mol. The van der Waals surface area contributed by atoms with Crippen LogP contribution in [0, 0.1) is 0 Å². The maximum atomic E-state index is 12.7. The van der Waals surface area contributed by atoms with Crippen LogP contribution in [0.4, 0.5) is 5.13 Å². The average molecular weight is 429 g/mol. The van der Waals surface area contributed by atoms with Crippen molar-refractivity contribution in [3.8, 4) is 17.0 Å². The molecule has 0 aliphatic rings. The summed E-state index contributed by atoms with van der Waals surface area (Å²) in [7, 11) is 1.44. The number of nitrogens with one attached hydrogen (secondary N) is 1. The first-order chi connectivity index (χ1) is 13.6. The second kappa shape index (κ2) is 7.80. The number of halogens is 2. The first-order valence-corrected chi connectivity index (χ1v) is 9.98. The molecule has 0 aliphatic heterocycles. The van der Waals surface area contributed by atoms with Gasteiger partial charge in [0.25, 0.3) is 5.91 Å². The van der Waals surface area contributed by atoms with Gasteiger partial charge in [-0.25, -0.2) is 4.98 Å². The second-order valence-corrected chi connectivity index (χ2v) is 7.66. The molecule has 4 nitrogen and oxygen atoms in total. The average Bonchev–Trinajstić information content (AvgIpc) is 3.17. The third-order valence-electron chi connectivity index (χ3n) is 4.26. The molecule has 1 aromatic heterocycles. The number of aromatic nitrogens is 1. The number of methoxy groups -OCH3 is 1. The van der Waals surface area contributed by atoms with Crippen LogP contribution >= 0.6 is 34.5 Å². The molecule has 0 saturated carbocycles. The lowest BCUT2D eigenvalue weighted by molar-refractivity contribution is 0.102. The van der Waals surface area contributed by atoms with Crippen molar-refractivity contribution >= 4 is 56.3 Å². The SMILES string of the molecule is COc1c(Cl)ccc(Cl)c1C(=O)Nc1nc(-c2ccc3ccccc3c2)cs1. The number of thiazole rings is 1. The van der Waals surface area contributed by atoms with Crippen LogP contribution in [0.3, 0.4) is 0 Å². The van der Waals surface area contributed by atoms with E-state index < -0.39 is 5.91 Å². The molecule has 0 saturated heterocycles. The van der Waals surface area contributed by atoms with Gasteiger partial charge in [-0.15, -0.1) is 11.3 Å². The lowest BCUT2D eigenvalue weighted by Gasteiger charge is -2.11. The summed E-state index contributed by atoms with van der Waals surface area (Å²) < 4.78 is 5.24. The summed E-state index contributed by atoms with van der Waals surface area (Å²) in [5.74, 6) is -0.193. The molecule has 4 aromatic rings. The van der Waals surface area contributed by atoms with Gasteiger partial charge < -0.3 is 4.74 Å². The molecule has 140 valence electrons. The molecule has 0 unspecified atom stereocenters. The van der Waals surface area contributed by atoms with E-state index >= 15 is 0 Å². The van der Waals surface area contributed by atoms with Crippen LogP contribution in [0.2, 0.25) is 10.0 Å². The Morgan fingerprint density at radius 1 is 1.04 bits per heavy atom. The summed E-state index contributed by atoms with van der Waals surface area (Å²) in [5.41, 5.74) is 1.95. The minimum Gasteiger partial charge on any atom is -0.494 e. The van der Waals surface area contributed by atoms with Gasteiger partial charge >= 0.3 is 0 Å². The maximum Gasteiger partial charge on any atom is 0.262 e. The fourth-order valence-corrected chi connectivity index (χ4v) is 4.10. The van der Waals surface area contributed by atoms with E-state index in [1.807, 2.05) is 23.6 Å². The third-order valence-corrected chi connectivity index (χ3v) is 5.63. The van der Waals surface area contributed by atoms with Crippen molar-refractivity contribution in [2.45, 2.75) is 0 Å². The first-order valence-electron chi connectivity index (χ1n) is 8.35. The van der Waals surface area contributed by atoms with Crippen molar-refractivity contribution in [2.24, 2.45) is 0 Å². The molecule has 28 heavy (non-hydrogen) atoms. The number of amides is 1. The second-order valence-electron chi connectivity index (χ2n) is 5.99. The van der Waals surface area contributed by atoms with E-state index in [2.05, 4.69) is 34.6 Å². The Hall–Kier alpha value is -2.60. The zero-order chi connectivity index (χ0) is 19.7. The Kier molecular flexibility index (Phi) is 5.22. The number of benzene rings is 3. The number of anilines is 1. The highest BCUT2D eigenvalue weighted by Gasteiger charge is 2.20. The van der Waals surface area contributed by atoms with Crippen molar-refractivity contribution in [2.75, 3.05) is 12.4 Å². The lowest BCUT2D eigenvalue weighted by Crippen LogP contribution is -2.14. The molecule has 0 atom stereocenters. The van der Waals surface area contributed by atoms with Crippen molar-refractivity contribution in [3.63, 3.8) is 0 Å². The highest BCUT2D eigenvalue weighted by atomic mass is 35.5. The highest BCUT2D eigenvalue weighted by molar-refractivity contribution is 7.14. The Morgan fingerprint density at radius 2 is 1.79 bits per heavy atom. The van der Waals surface area contributed by atoms with Gasteiger partial charge in [0.05, 0.1) is 22.8 Å². The summed E-state index contributed by atoms with van der Waals surface area (Å²) in [6, 6.07) is 17.4. The smallest absolute Gasteiger partial charge is 0.262 e. The highest BCUT2D eigenvalue weighted by Crippen LogP contribution is 2.35. The van der Waals surface area contributed by atoms with Crippen LogP contribution in [0.1, 0.15) is 10.4 Å². The van der Waals surface area contributed by atoms with E-state index in [4.69, 9.17) is 27.9 Å². The topological polar surface area (TPSA) is 51.2 Å². The Bertz CT molecular complexity index is 1190. The number of hydrogen-bond donors (Lipinski definition) is 1. The minimum atomic E-state index is -0.427. The summed E-state index contributed by atoms with van der Waals surface area (Å²) in [6.07, 6.45) is 0. The molecule has 1 heterocycles. The zero-order valence-corrected chi connectivity index (χ0v) is 17.0. The van der Waals surface area contributed by atoms with E-state index in [0.717, 1.165) is 22.0 Å². The van der Waals surface area contributed by atoms with Crippen LogP contribution in [-0.4, -0.2) is 18.0 Å².